The Morgan fingerprint density at radius 3 is 1.41 bits per heavy atom. The predicted octanol–water partition coefficient (Wildman–Crippen LogP) is 0.911. The van der Waals surface area contributed by atoms with Crippen LogP contribution >= 0.6 is 0 Å². The molecule has 0 aromatic rings. The summed E-state index contributed by atoms with van der Waals surface area (Å²) in [5, 5.41) is 16.7. The highest BCUT2D eigenvalue weighted by molar-refractivity contribution is 7.91. The highest BCUT2D eigenvalue weighted by Gasteiger charge is 2.11. The van der Waals surface area contributed by atoms with Crippen LogP contribution < -0.4 is 0 Å². The maximum atomic E-state index is 11.4. The summed E-state index contributed by atoms with van der Waals surface area (Å²) in [6.45, 7) is 0. The molecule has 0 saturated carbocycles. The molecule has 17 heavy (non-hydrogen) atoms. The van der Waals surface area contributed by atoms with E-state index in [4.69, 9.17) is 10.2 Å². The van der Waals surface area contributed by atoms with E-state index in [1.807, 2.05) is 0 Å². The Bertz CT molecular complexity index is 318. The van der Waals surface area contributed by atoms with Crippen molar-refractivity contribution >= 4 is 21.8 Å². The SMILES string of the molecule is O=C(O)CCCCS(=O)(=O)CCCCC(=O)O. The number of sulfone groups is 1. The summed E-state index contributed by atoms with van der Waals surface area (Å²) in [6, 6.07) is 0. The van der Waals surface area contributed by atoms with Crippen LogP contribution in [0.3, 0.4) is 0 Å². The van der Waals surface area contributed by atoms with Gasteiger partial charge >= 0.3 is 11.9 Å². The van der Waals surface area contributed by atoms with Gasteiger partial charge in [-0.15, -0.1) is 0 Å². The lowest BCUT2D eigenvalue weighted by molar-refractivity contribution is -0.138. The van der Waals surface area contributed by atoms with Crippen LogP contribution in [0.25, 0.3) is 0 Å². The quantitative estimate of drug-likeness (QED) is 0.569. The number of aliphatic carboxylic acids is 2. The summed E-state index contributed by atoms with van der Waals surface area (Å²) in [6.07, 6.45) is 1.34. The molecule has 100 valence electrons. The third-order valence-corrected chi connectivity index (χ3v) is 4.01. The van der Waals surface area contributed by atoms with Crippen molar-refractivity contribution < 1.29 is 28.2 Å². The molecule has 0 atom stereocenters. The maximum absolute atomic E-state index is 11.4. The molecule has 0 aliphatic rings. The summed E-state index contributed by atoms with van der Waals surface area (Å²) in [5.41, 5.74) is 0. The van der Waals surface area contributed by atoms with E-state index in [1.165, 1.54) is 0 Å². The second-order valence-corrected chi connectivity index (χ2v) is 6.16. The van der Waals surface area contributed by atoms with Crippen LogP contribution in [0.4, 0.5) is 0 Å². The number of carboxylic acids is 2. The first-order valence-corrected chi connectivity index (χ1v) is 7.29. The molecule has 0 aliphatic heterocycles. The first kappa shape index (κ1) is 15.9. The lowest BCUT2D eigenvalue weighted by Gasteiger charge is -2.03. The van der Waals surface area contributed by atoms with Crippen LogP contribution in [0.1, 0.15) is 38.5 Å². The van der Waals surface area contributed by atoms with Crippen molar-refractivity contribution in [2.75, 3.05) is 11.5 Å². The molecule has 0 aromatic carbocycles. The molecule has 0 radical (unpaired) electrons. The second-order valence-electron chi connectivity index (χ2n) is 3.85. The van der Waals surface area contributed by atoms with Crippen molar-refractivity contribution in [3.63, 3.8) is 0 Å². The maximum Gasteiger partial charge on any atom is 0.303 e. The van der Waals surface area contributed by atoms with Gasteiger partial charge < -0.3 is 10.2 Å². The Balaban J connectivity index is 3.66. The molecule has 7 heteroatoms. The van der Waals surface area contributed by atoms with Gasteiger partial charge in [-0.05, 0) is 25.7 Å². The van der Waals surface area contributed by atoms with Gasteiger partial charge in [-0.2, -0.15) is 0 Å². The molecule has 6 nitrogen and oxygen atoms in total. The number of hydrogen-bond acceptors (Lipinski definition) is 4. The van der Waals surface area contributed by atoms with Crippen molar-refractivity contribution in [2.24, 2.45) is 0 Å². The molecule has 0 rings (SSSR count). The summed E-state index contributed by atoms with van der Waals surface area (Å²) < 4.78 is 22.9. The normalized spacial score (nSPS) is 11.3. The van der Waals surface area contributed by atoms with Crippen molar-refractivity contribution in [3.8, 4) is 0 Å². The van der Waals surface area contributed by atoms with Gasteiger partial charge in [-0.25, -0.2) is 8.42 Å². The molecule has 0 aromatic heterocycles. The minimum absolute atomic E-state index is 0.0193. The van der Waals surface area contributed by atoms with Crippen molar-refractivity contribution in [3.05, 3.63) is 0 Å². The molecule has 0 aliphatic carbocycles. The van der Waals surface area contributed by atoms with Crippen LogP contribution in [-0.2, 0) is 19.4 Å². The van der Waals surface area contributed by atoms with Crippen molar-refractivity contribution in [1.29, 1.82) is 0 Å². The van der Waals surface area contributed by atoms with Crippen LogP contribution in [0, 0.1) is 0 Å². The van der Waals surface area contributed by atoms with E-state index < -0.39 is 21.8 Å². The Hall–Kier alpha value is -1.11. The number of hydrogen-bond donors (Lipinski definition) is 2. The second kappa shape index (κ2) is 8.05. The van der Waals surface area contributed by atoms with Gasteiger partial charge in [0.2, 0.25) is 0 Å². The first-order chi connectivity index (χ1) is 7.83. The number of carbonyl (C=O) groups is 2. The van der Waals surface area contributed by atoms with E-state index in [0.717, 1.165) is 0 Å². The monoisotopic (exact) mass is 266 g/mol. The molecule has 0 unspecified atom stereocenters. The van der Waals surface area contributed by atoms with E-state index in [9.17, 15) is 18.0 Å². The topological polar surface area (TPSA) is 109 Å². The Labute approximate surface area is 101 Å². The van der Waals surface area contributed by atoms with Gasteiger partial charge in [0.1, 0.15) is 9.84 Å². The van der Waals surface area contributed by atoms with Crippen molar-refractivity contribution in [2.45, 2.75) is 38.5 Å². The van der Waals surface area contributed by atoms with Crippen LogP contribution in [0.2, 0.25) is 0 Å². The Kier molecular flexibility index (Phi) is 7.53. The highest BCUT2D eigenvalue weighted by Crippen LogP contribution is 2.05. The van der Waals surface area contributed by atoms with Gasteiger partial charge in [0.05, 0.1) is 11.5 Å². The molecule has 0 saturated heterocycles. The van der Waals surface area contributed by atoms with E-state index >= 15 is 0 Å². The molecular formula is C10H18O6S. The van der Waals surface area contributed by atoms with Gasteiger partial charge in [0.25, 0.3) is 0 Å². The molecule has 0 amide bonds. The van der Waals surface area contributed by atoms with Gasteiger partial charge in [-0.3, -0.25) is 9.59 Å². The van der Waals surface area contributed by atoms with Crippen LogP contribution in [0.15, 0.2) is 0 Å². The van der Waals surface area contributed by atoms with E-state index in [2.05, 4.69) is 0 Å². The molecule has 2 N–H and O–H groups in total. The largest absolute Gasteiger partial charge is 0.481 e. The summed E-state index contributed by atoms with van der Waals surface area (Å²) in [4.78, 5) is 20.4. The van der Waals surface area contributed by atoms with E-state index in [1.54, 1.807) is 0 Å². The standard InChI is InChI=1S/C10H18O6S/c11-9(12)5-1-3-7-17(15,16)8-4-2-6-10(13)14/h1-8H2,(H,11,12)(H,13,14). The Morgan fingerprint density at radius 2 is 1.12 bits per heavy atom. The van der Waals surface area contributed by atoms with Gasteiger partial charge in [0.15, 0.2) is 0 Å². The summed E-state index contributed by atoms with van der Waals surface area (Å²) in [7, 11) is -3.16. The number of rotatable bonds is 10. The smallest absolute Gasteiger partial charge is 0.303 e. The molecule has 0 heterocycles. The number of unbranched alkanes of at least 4 members (excludes halogenated alkanes) is 2. The van der Waals surface area contributed by atoms with Gasteiger partial charge in [0, 0.05) is 12.8 Å². The average molecular weight is 266 g/mol. The first-order valence-electron chi connectivity index (χ1n) is 5.47. The fraction of sp³-hybridized carbons (Fsp3) is 0.800. The third kappa shape index (κ3) is 11.2. The van der Waals surface area contributed by atoms with Crippen LogP contribution in [0.5, 0.6) is 0 Å². The molecule has 0 spiro atoms. The minimum atomic E-state index is -3.16. The van der Waals surface area contributed by atoms with Gasteiger partial charge in [-0.1, -0.05) is 0 Å². The molecular weight excluding hydrogens is 248 g/mol. The molecule has 0 fully saturated rings. The summed E-state index contributed by atoms with van der Waals surface area (Å²) >= 11 is 0. The highest BCUT2D eigenvalue weighted by atomic mass is 32.2. The predicted molar refractivity (Wildman–Crippen MR) is 61.6 cm³/mol. The van der Waals surface area contributed by atoms with Crippen molar-refractivity contribution in [1.82, 2.24) is 0 Å². The fourth-order valence-corrected chi connectivity index (χ4v) is 2.79. The number of carboxylic acid groups (broad SMARTS) is 2. The van der Waals surface area contributed by atoms with E-state index in [0.29, 0.717) is 25.7 Å². The average Bonchev–Trinajstić information content (AvgIpc) is 2.19. The minimum Gasteiger partial charge on any atom is -0.481 e. The summed E-state index contributed by atoms with van der Waals surface area (Å²) in [5.74, 6) is -1.89. The lowest BCUT2D eigenvalue weighted by atomic mass is 10.2. The lowest BCUT2D eigenvalue weighted by Crippen LogP contribution is -2.12. The zero-order valence-corrected chi connectivity index (χ0v) is 10.4. The fourth-order valence-electron chi connectivity index (χ4n) is 1.30. The Morgan fingerprint density at radius 1 is 0.765 bits per heavy atom. The third-order valence-electron chi connectivity index (χ3n) is 2.19. The zero-order chi connectivity index (χ0) is 13.3. The van der Waals surface area contributed by atoms with Crippen LogP contribution in [-0.4, -0.2) is 42.1 Å². The van der Waals surface area contributed by atoms with E-state index in [-0.39, 0.29) is 24.3 Å². The molecule has 0 bridgehead atoms. The zero-order valence-electron chi connectivity index (χ0n) is 9.59.